The Kier molecular flexibility index (Phi) is 5.22. The van der Waals surface area contributed by atoms with Gasteiger partial charge in [0.05, 0.1) is 21.8 Å². The van der Waals surface area contributed by atoms with E-state index in [0.29, 0.717) is 32.7 Å². The van der Waals surface area contributed by atoms with Crippen molar-refractivity contribution >= 4 is 34.8 Å². The molecule has 20 heavy (non-hydrogen) atoms. The van der Waals surface area contributed by atoms with Crippen molar-refractivity contribution in [3.05, 3.63) is 62.6 Å². The third-order valence-corrected chi connectivity index (χ3v) is 3.69. The van der Waals surface area contributed by atoms with E-state index in [2.05, 4.69) is 10.3 Å². The molecule has 0 fully saturated rings. The number of likely N-dealkylation sites (N-methyl/N-ethyl adjacent to an activating group) is 1. The number of rotatable bonds is 4. The summed E-state index contributed by atoms with van der Waals surface area (Å²) in [5.41, 5.74) is 1.13. The van der Waals surface area contributed by atoms with Gasteiger partial charge in [-0.15, -0.1) is 0 Å². The van der Waals surface area contributed by atoms with Crippen LogP contribution in [0.3, 0.4) is 0 Å². The first-order valence-electron chi connectivity index (χ1n) is 5.93. The van der Waals surface area contributed by atoms with E-state index in [-0.39, 0.29) is 11.9 Å². The smallest absolute Gasteiger partial charge is 0.126 e. The maximum atomic E-state index is 13.8. The Hall–Kier alpha value is -0.870. The van der Waals surface area contributed by atoms with Crippen LogP contribution in [0, 0.1) is 5.82 Å². The molecule has 1 N–H and O–H groups in total. The molecule has 6 heteroatoms. The molecule has 1 atom stereocenters. The van der Waals surface area contributed by atoms with E-state index in [1.807, 2.05) is 0 Å². The number of nitrogens with zero attached hydrogens (tertiary/aromatic N) is 1. The second-order valence-corrected chi connectivity index (χ2v) is 5.58. The van der Waals surface area contributed by atoms with Gasteiger partial charge < -0.3 is 5.32 Å². The van der Waals surface area contributed by atoms with Gasteiger partial charge in [0.2, 0.25) is 0 Å². The molecule has 0 saturated carbocycles. The van der Waals surface area contributed by atoms with E-state index in [0.717, 1.165) is 0 Å². The Bertz CT molecular complexity index is 619. The quantitative estimate of drug-likeness (QED) is 0.878. The first kappa shape index (κ1) is 15.5. The van der Waals surface area contributed by atoms with Gasteiger partial charge >= 0.3 is 0 Å². The highest BCUT2D eigenvalue weighted by atomic mass is 35.5. The predicted molar refractivity (Wildman–Crippen MR) is 81.2 cm³/mol. The number of pyridine rings is 1. The van der Waals surface area contributed by atoms with Gasteiger partial charge in [-0.25, -0.2) is 4.39 Å². The van der Waals surface area contributed by atoms with Crippen molar-refractivity contribution in [1.82, 2.24) is 10.3 Å². The van der Waals surface area contributed by atoms with E-state index in [1.165, 1.54) is 18.3 Å². The fourth-order valence-corrected chi connectivity index (χ4v) is 2.64. The zero-order valence-corrected chi connectivity index (χ0v) is 12.9. The normalized spacial score (nSPS) is 12.4. The fourth-order valence-electron chi connectivity index (χ4n) is 1.94. The third kappa shape index (κ3) is 3.61. The van der Waals surface area contributed by atoms with Crippen LogP contribution in [0.25, 0.3) is 0 Å². The molecule has 2 aromatic rings. The van der Waals surface area contributed by atoms with Crippen LogP contribution < -0.4 is 5.32 Å². The molecule has 0 spiro atoms. The molecule has 2 nitrogen and oxygen atoms in total. The first-order valence-corrected chi connectivity index (χ1v) is 7.06. The average molecular weight is 334 g/mol. The maximum Gasteiger partial charge on any atom is 0.126 e. The lowest BCUT2D eigenvalue weighted by atomic mass is 10.0. The number of benzene rings is 1. The van der Waals surface area contributed by atoms with Gasteiger partial charge in [0, 0.05) is 11.2 Å². The Labute approximate surface area is 131 Å². The van der Waals surface area contributed by atoms with Crippen LogP contribution in [0.1, 0.15) is 17.3 Å². The van der Waals surface area contributed by atoms with Crippen molar-refractivity contribution in [2.24, 2.45) is 0 Å². The lowest BCUT2D eigenvalue weighted by Crippen LogP contribution is -2.21. The zero-order chi connectivity index (χ0) is 14.7. The number of nitrogens with one attached hydrogen (secondary N) is 1. The van der Waals surface area contributed by atoms with Crippen LogP contribution in [0.2, 0.25) is 15.1 Å². The average Bonchev–Trinajstić information content (AvgIpc) is 2.40. The van der Waals surface area contributed by atoms with Crippen LogP contribution in [0.4, 0.5) is 4.39 Å². The molecular formula is C14H12Cl3FN2. The Morgan fingerprint density at radius 2 is 1.95 bits per heavy atom. The Balaban J connectivity index is 2.31. The van der Waals surface area contributed by atoms with E-state index < -0.39 is 0 Å². The molecule has 0 aliphatic carbocycles. The summed E-state index contributed by atoms with van der Waals surface area (Å²) in [6.45, 7) is 0. The number of aromatic nitrogens is 1. The van der Waals surface area contributed by atoms with E-state index >= 15 is 0 Å². The van der Waals surface area contributed by atoms with Gasteiger partial charge in [-0.1, -0.05) is 34.8 Å². The summed E-state index contributed by atoms with van der Waals surface area (Å²) in [7, 11) is 1.76. The topological polar surface area (TPSA) is 24.9 Å². The number of halogens is 4. The van der Waals surface area contributed by atoms with E-state index in [1.54, 1.807) is 19.2 Å². The van der Waals surface area contributed by atoms with Crippen molar-refractivity contribution in [1.29, 1.82) is 0 Å². The minimum atomic E-state index is -0.306. The summed E-state index contributed by atoms with van der Waals surface area (Å²) in [6, 6.07) is 5.85. The van der Waals surface area contributed by atoms with Crippen molar-refractivity contribution in [2.45, 2.75) is 12.5 Å². The van der Waals surface area contributed by atoms with Gasteiger partial charge in [0.25, 0.3) is 0 Å². The Morgan fingerprint density at radius 1 is 1.20 bits per heavy atom. The number of hydrogen-bond donors (Lipinski definition) is 1. The largest absolute Gasteiger partial charge is 0.311 e. The maximum absolute atomic E-state index is 13.8. The number of hydrogen-bond acceptors (Lipinski definition) is 2. The van der Waals surface area contributed by atoms with Crippen LogP contribution >= 0.6 is 34.8 Å². The lowest BCUT2D eigenvalue weighted by Gasteiger charge is -2.17. The monoisotopic (exact) mass is 332 g/mol. The summed E-state index contributed by atoms with van der Waals surface area (Å²) < 4.78 is 13.8. The molecule has 1 heterocycles. The molecule has 1 unspecified atom stereocenters. The molecule has 1 aromatic heterocycles. The molecule has 0 aliphatic heterocycles. The highest BCUT2D eigenvalue weighted by Crippen LogP contribution is 2.27. The van der Waals surface area contributed by atoms with Gasteiger partial charge in [0.15, 0.2) is 0 Å². The molecular weight excluding hydrogens is 322 g/mol. The molecule has 0 saturated heterocycles. The van der Waals surface area contributed by atoms with Gasteiger partial charge in [-0.2, -0.15) is 0 Å². The van der Waals surface area contributed by atoms with Crippen molar-refractivity contribution in [2.75, 3.05) is 7.05 Å². The summed E-state index contributed by atoms with van der Waals surface area (Å²) in [5, 5.41) is 4.47. The van der Waals surface area contributed by atoms with Crippen molar-refractivity contribution < 1.29 is 4.39 Å². The minimum absolute atomic E-state index is 0.229. The predicted octanol–water partition coefficient (Wildman–Crippen LogP) is 4.68. The highest BCUT2D eigenvalue weighted by Gasteiger charge is 2.17. The molecule has 0 aliphatic rings. The summed E-state index contributed by atoms with van der Waals surface area (Å²) in [6.07, 6.45) is 1.90. The summed E-state index contributed by atoms with van der Waals surface area (Å²) in [5.74, 6) is -0.306. The SMILES string of the molecule is CNC(Cc1cc(Cl)ccc1F)c1ncc(Cl)cc1Cl. The van der Waals surface area contributed by atoms with Crippen molar-refractivity contribution in [3.63, 3.8) is 0 Å². The first-order chi connectivity index (χ1) is 9.51. The second-order valence-electron chi connectivity index (χ2n) is 4.30. The lowest BCUT2D eigenvalue weighted by molar-refractivity contribution is 0.545. The summed E-state index contributed by atoms with van der Waals surface area (Å²) >= 11 is 17.9. The van der Waals surface area contributed by atoms with Crippen molar-refractivity contribution in [3.8, 4) is 0 Å². The van der Waals surface area contributed by atoms with Gasteiger partial charge in [-0.3, -0.25) is 4.98 Å². The van der Waals surface area contributed by atoms with Gasteiger partial charge in [-0.05, 0) is 43.3 Å². The highest BCUT2D eigenvalue weighted by molar-refractivity contribution is 6.34. The standard InChI is InChI=1S/C14H12Cl3FN2/c1-19-13(14-11(17)6-10(16)7-20-14)5-8-4-9(15)2-3-12(8)18/h2-4,6-7,13,19H,5H2,1H3. The van der Waals surface area contributed by atoms with Gasteiger partial charge in [0.1, 0.15) is 5.82 Å². The summed E-state index contributed by atoms with van der Waals surface area (Å²) in [4.78, 5) is 4.22. The van der Waals surface area contributed by atoms with Crippen LogP contribution in [-0.2, 0) is 6.42 Å². The molecule has 0 radical (unpaired) electrons. The molecule has 2 rings (SSSR count). The minimum Gasteiger partial charge on any atom is -0.311 e. The third-order valence-electron chi connectivity index (χ3n) is 2.95. The van der Waals surface area contributed by atoms with Crippen LogP contribution in [-0.4, -0.2) is 12.0 Å². The molecule has 106 valence electrons. The molecule has 0 bridgehead atoms. The Morgan fingerprint density at radius 3 is 2.60 bits per heavy atom. The van der Waals surface area contributed by atoms with Crippen LogP contribution in [0.5, 0.6) is 0 Å². The molecule has 1 aromatic carbocycles. The van der Waals surface area contributed by atoms with E-state index in [4.69, 9.17) is 34.8 Å². The fraction of sp³-hybridized carbons (Fsp3) is 0.214. The molecule has 0 amide bonds. The zero-order valence-electron chi connectivity index (χ0n) is 10.6. The van der Waals surface area contributed by atoms with Crippen LogP contribution in [0.15, 0.2) is 30.5 Å². The van der Waals surface area contributed by atoms with E-state index in [9.17, 15) is 4.39 Å². The second kappa shape index (κ2) is 6.72.